The highest BCUT2D eigenvalue weighted by atomic mass is 19.3. The van der Waals surface area contributed by atoms with E-state index in [1.165, 1.54) is 0 Å². The summed E-state index contributed by atoms with van der Waals surface area (Å²) >= 11 is 0. The van der Waals surface area contributed by atoms with Crippen molar-refractivity contribution in [1.82, 2.24) is 10.2 Å². The van der Waals surface area contributed by atoms with E-state index in [0.717, 1.165) is 25.9 Å². The molecule has 0 aromatic heterocycles. The van der Waals surface area contributed by atoms with Gasteiger partial charge in [-0.2, -0.15) is 0 Å². The molecule has 3 nitrogen and oxygen atoms in total. The first-order chi connectivity index (χ1) is 6.58. The van der Waals surface area contributed by atoms with E-state index in [2.05, 4.69) is 10.2 Å². The number of nitrogens with two attached hydrogens (primary N) is 1. The number of nitrogens with zero attached hydrogens (tertiary/aromatic N) is 1. The van der Waals surface area contributed by atoms with Crippen LogP contribution in [0.5, 0.6) is 0 Å². The molecule has 3 N–H and O–H groups in total. The molecule has 14 heavy (non-hydrogen) atoms. The maximum Gasteiger partial charge on any atom is 0.250 e. The standard InChI is InChI=1S/C9H19F2N3/c1-14-4-2-9(7-12,3-5-14)13-6-8(10)11/h8,13H,2-7,12H2,1H3. The Morgan fingerprint density at radius 1 is 1.43 bits per heavy atom. The quantitative estimate of drug-likeness (QED) is 0.695. The summed E-state index contributed by atoms with van der Waals surface area (Å²) < 4.78 is 24.1. The summed E-state index contributed by atoms with van der Waals surface area (Å²) in [4.78, 5) is 2.19. The normalized spacial score (nSPS) is 22.9. The highest BCUT2D eigenvalue weighted by Gasteiger charge is 2.32. The first-order valence-electron chi connectivity index (χ1n) is 5.00. The van der Waals surface area contributed by atoms with Gasteiger partial charge in [-0.15, -0.1) is 0 Å². The third-order valence-corrected chi connectivity index (χ3v) is 2.97. The number of likely N-dealkylation sites (tertiary alicyclic amines) is 1. The predicted octanol–water partition coefficient (Wildman–Crippen LogP) is 0.264. The van der Waals surface area contributed by atoms with E-state index in [-0.39, 0.29) is 12.1 Å². The minimum Gasteiger partial charge on any atom is -0.329 e. The minimum atomic E-state index is -2.29. The molecule has 5 heteroatoms. The maximum absolute atomic E-state index is 12.1. The predicted molar refractivity (Wildman–Crippen MR) is 52.5 cm³/mol. The summed E-state index contributed by atoms with van der Waals surface area (Å²) in [6.45, 7) is 2.04. The van der Waals surface area contributed by atoms with Gasteiger partial charge in [0.15, 0.2) is 0 Å². The zero-order valence-corrected chi connectivity index (χ0v) is 8.60. The number of hydrogen-bond acceptors (Lipinski definition) is 3. The summed E-state index contributed by atoms with van der Waals surface area (Å²) in [6, 6.07) is 0. The fraction of sp³-hybridized carbons (Fsp3) is 1.00. The van der Waals surface area contributed by atoms with Crippen molar-refractivity contribution in [2.24, 2.45) is 5.73 Å². The number of rotatable bonds is 4. The molecule has 0 aliphatic carbocycles. The van der Waals surface area contributed by atoms with E-state index in [9.17, 15) is 8.78 Å². The molecule has 1 aliphatic rings. The van der Waals surface area contributed by atoms with E-state index >= 15 is 0 Å². The molecule has 1 aliphatic heterocycles. The summed E-state index contributed by atoms with van der Waals surface area (Å²) in [5.41, 5.74) is 5.38. The third kappa shape index (κ3) is 3.15. The Kier molecular flexibility index (Phi) is 4.22. The third-order valence-electron chi connectivity index (χ3n) is 2.97. The van der Waals surface area contributed by atoms with Crippen molar-refractivity contribution in [3.8, 4) is 0 Å². The van der Waals surface area contributed by atoms with E-state index in [4.69, 9.17) is 5.73 Å². The van der Waals surface area contributed by atoms with Crippen LogP contribution in [0.3, 0.4) is 0 Å². The van der Waals surface area contributed by atoms with Crippen LogP contribution in [-0.4, -0.2) is 50.1 Å². The van der Waals surface area contributed by atoms with Crippen LogP contribution in [0.2, 0.25) is 0 Å². The highest BCUT2D eigenvalue weighted by Crippen LogP contribution is 2.20. The zero-order chi connectivity index (χ0) is 10.6. The smallest absolute Gasteiger partial charge is 0.250 e. The largest absolute Gasteiger partial charge is 0.329 e. The van der Waals surface area contributed by atoms with E-state index < -0.39 is 6.43 Å². The summed E-state index contributed by atoms with van der Waals surface area (Å²) in [6.07, 6.45) is -0.586. The van der Waals surface area contributed by atoms with Crippen LogP contribution in [0.1, 0.15) is 12.8 Å². The van der Waals surface area contributed by atoms with Gasteiger partial charge in [-0.1, -0.05) is 0 Å². The van der Waals surface area contributed by atoms with E-state index in [0.29, 0.717) is 6.54 Å². The monoisotopic (exact) mass is 207 g/mol. The lowest BCUT2D eigenvalue weighted by atomic mass is 9.87. The van der Waals surface area contributed by atoms with Crippen molar-refractivity contribution in [2.45, 2.75) is 24.8 Å². The molecule has 84 valence electrons. The van der Waals surface area contributed by atoms with Crippen molar-refractivity contribution < 1.29 is 8.78 Å². The molecule has 0 bridgehead atoms. The maximum atomic E-state index is 12.1. The van der Waals surface area contributed by atoms with Gasteiger partial charge in [0, 0.05) is 12.1 Å². The van der Waals surface area contributed by atoms with Crippen molar-refractivity contribution in [3.63, 3.8) is 0 Å². The molecular formula is C9H19F2N3. The van der Waals surface area contributed by atoms with Crippen LogP contribution in [0.4, 0.5) is 8.78 Å². The van der Waals surface area contributed by atoms with Crippen LogP contribution in [-0.2, 0) is 0 Å². The van der Waals surface area contributed by atoms with Crippen molar-refractivity contribution in [3.05, 3.63) is 0 Å². The van der Waals surface area contributed by atoms with Crippen molar-refractivity contribution in [1.29, 1.82) is 0 Å². The van der Waals surface area contributed by atoms with E-state index in [1.807, 2.05) is 7.05 Å². The minimum absolute atomic E-state index is 0.249. The molecule has 1 rings (SSSR count). The van der Waals surface area contributed by atoms with Gasteiger partial charge in [0.2, 0.25) is 0 Å². The first-order valence-corrected chi connectivity index (χ1v) is 5.00. The highest BCUT2D eigenvalue weighted by molar-refractivity contribution is 4.93. The average Bonchev–Trinajstić information content (AvgIpc) is 2.18. The summed E-state index contributed by atoms with van der Waals surface area (Å²) in [7, 11) is 2.04. The SMILES string of the molecule is CN1CCC(CN)(NCC(F)F)CC1. The number of alkyl halides is 2. The van der Waals surface area contributed by atoms with Crippen LogP contribution >= 0.6 is 0 Å². The Morgan fingerprint density at radius 2 is 2.00 bits per heavy atom. The molecule has 1 saturated heterocycles. The zero-order valence-electron chi connectivity index (χ0n) is 8.60. The molecule has 0 unspecified atom stereocenters. The lowest BCUT2D eigenvalue weighted by molar-refractivity contribution is 0.105. The number of hydrogen-bond donors (Lipinski definition) is 2. The summed E-state index contributed by atoms with van der Waals surface area (Å²) in [5.74, 6) is 0. The molecule has 1 heterocycles. The van der Waals surface area contributed by atoms with Gasteiger partial charge in [-0.3, -0.25) is 0 Å². The topological polar surface area (TPSA) is 41.3 Å². The second kappa shape index (κ2) is 5.00. The molecule has 0 radical (unpaired) electrons. The first kappa shape index (κ1) is 11.8. The average molecular weight is 207 g/mol. The van der Waals surface area contributed by atoms with Gasteiger partial charge >= 0.3 is 0 Å². The molecule has 0 atom stereocenters. The van der Waals surface area contributed by atoms with Gasteiger partial charge in [0.25, 0.3) is 6.43 Å². The second-order valence-corrected chi connectivity index (χ2v) is 4.06. The van der Waals surface area contributed by atoms with Crippen LogP contribution in [0, 0.1) is 0 Å². The van der Waals surface area contributed by atoms with Crippen LogP contribution in [0.15, 0.2) is 0 Å². The molecule has 0 aromatic carbocycles. The van der Waals surface area contributed by atoms with Gasteiger partial charge in [-0.05, 0) is 33.0 Å². The Bertz CT molecular complexity index is 167. The molecular weight excluding hydrogens is 188 g/mol. The van der Waals surface area contributed by atoms with Gasteiger partial charge in [0.1, 0.15) is 0 Å². The fourth-order valence-electron chi connectivity index (χ4n) is 1.79. The molecule has 0 spiro atoms. The van der Waals surface area contributed by atoms with E-state index in [1.54, 1.807) is 0 Å². The van der Waals surface area contributed by atoms with Crippen LogP contribution < -0.4 is 11.1 Å². The molecule has 1 fully saturated rings. The fourth-order valence-corrected chi connectivity index (χ4v) is 1.79. The van der Waals surface area contributed by atoms with Gasteiger partial charge in [0.05, 0.1) is 6.54 Å². The lowest BCUT2D eigenvalue weighted by Gasteiger charge is -2.40. The van der Waals surface area contributed by atoms with Crippen molar-refractivity contribution >= 4 is 0 Å². The Labute approximate surface area is 83.6 Å². The number of halogens is 2. The Hall–Kier alpha value is -0.260. The van der Waals surface area contributed by atoms with Crippen LogP contribution in [0.25, 0.3) is 0 Å². The van der Waals surface area contributed by atoms with Gasteiger partial charge in [-0.25, -0.2) is 8.78 Å². The number of piperidine rings is 1. The molecule has 0 aromatic rings. The van der Waals surface area contributed by atoms with Gasteiger partial charge < -0.3 is 16.0 Å². The van der Waals surface area contributed by atoms with Crippen molar-refractivity contribution in [2.75, 3.05) is 33.2 Å². The summed E-state index contributed by atoms with van der Waals surface area (Å²) in [5, 5.41) is 2.90. The Balaban J connectivity index is 2.41. The molecule has 0 amide bonds. The molecule has 0 saturated carbocycles. The Morgan fingerprint density at radius 3 is 2.43 bits per heavy atom. The lowest BCUT2D eigenvalue weighted by Crippen LogP contribution is -2.58. The second-order valence-electron chi connectivity index (χ2n) is 4.06. The number of nitrogens with one attached hydrogen (secondary N) is 1.